The van der Waals surface area contributed by atoms with Crippen LogP contribution in [0.4, 0.5) is 0 Å². The van der Waals surface area contributed by atoms with Crippen LogP contribution in [0.2, 0.25) is 5.02 Å². The van der Waals surface area contributed by atoms with Gasteiger partial charge >= 0.3 is 5.97 Å². The molecule has 0 aliphatic rings. The monoisotopic (exact) mass is 355 g/mol. The highest BCUT2D eigenvalue weighted by Crippen LogP contribution is 2.13. The van der Waals surface area contributed by atoms with Crippen molar-refractivity contribution in [3.05, 3.63) is 70.8 Å². The van der Waals surface area contributed by atoms with Gasteiger partial charge < -0.3 is 9.47 Å². The Morgan fingerprint density at radius 1 is 1.08 bits per heavy atom. The summed E-state index contributed by atoms with van der Waals surface area (Å²) < 4.78 is 10.0. The van der Waals surface area contributed by atoms with Crippen LogP contribution in [0.1, 0.15) is 15.9 Å². The summed E-state index contributed by atoms with van der Waals surface area (Å²) in [4.78, 5) is 23.5. The maximum atomic E-state index is 11.9. The van der Waals surface area contributed by atoms with Crippen molar-refractivity contribution in [1.82, 2.24) is 0 Å². The van der Waals surface area contributed by atoms with Crippen molar-refractivity contribution >= 4 is 29.4 Å². The van der Waals surface area contributed by atoms with Crippen LogP contribution in [0.25, 0.3) is 6.08 Å². The molecule has 2 rings (SSSR count). The Hall–Kier alpha value is -3.10. The molecule has 0 aromatic heterocycles. The van der Waals surface area contributed by atoms with Crippen LogP contribution < -0.4 is 4.74 Å². The topological polar surface area (TPSA) is 76.4 Å². The van der Waals surface area contributed by atoms with E-state index in [0.29, 0.717) is 16.3 Å². The molecule has 2 aromatic carbocycles. The van der Waals surface area contributed by atoms with E-state index in [9.17, 15) is 9.59 Å². The third-order valence-electron chi connectivity index (χ3n) is 3.11. The van der Waals surface area contributed by atoms with E-state index in [1.165, 1.54) is 6.08 Å². The maximum absolute atomic E-state index is 11.9. The average Bonchev–Trinajstić information content (AvgIpc) is 2.64. The van der Waals surface area contributed by atoms with Crippen molar-refractivity contribution in [1.29, 1.82) is 5.26 Å². The molecule has 2 aromatic rings. The number of nitrogens with zero attached hydrogens (tertiary/aromatic N) is 1. The van der Waals surface area contributed by atoms with E-state index < -0.39 is 5.97 Å². The molecule has 0 radical (unpaired) electrons. The molecule has 25 heavy (non-hydrogen) atoms. The number of ketones is 1. The number of hydrogen-bond acceptors (Lipinski definition) is 5. The van der Waals surface area contributed by atoms with Crippen molar-refractivity contribution in [3.8, 4) is 11.8 Å². The molecule has 6 heteroatoms. The van der Waals surface area contributed by atoms with E-state index in [4.69, 9.17) is 26.3 Å². The predicted octanol–water partition coefficient (Wildman–Crippen LogP) is 3.68. The van der Waals surface area contributed by atoms with E-state index >= 15 is 0 Å². The standard InChI is InChI=1S/C19H14ClNO4/c20-16-6-4-15(5-7-16)18(22)13-25-19(23)10-3-14-1-8-17(9-2-14)24-12-11-21/h1-10H,12-13H2/b10-3+. The van der Waals surface area contributed by atoms with Crippen LogP contribution in [-0.2, 0) is 9.53 Å². The second-order valence-corrected chi connectivity index (χ2v) is 5.32. The van der Waals surface area contributed by atoms with Gasteiger partial charge in [0.2, 0.25) is 0 Å². The summed E-state index contributed by atoms with van der Waals surface area (Å²) in [6.45, 7) is -0.366. The lowest BCUT2D eigenvalue weighted by Crippen LogP contribution is -2.12. The van der Waals surface area contributed by atoms with Crippen LogP contribution in [0.5, 0.6) is 5.75 Å². The van der Waals surface area contributed by atoms with Gasteiger partial charge in [-0.25, -0.2) is 4.79 Å². The van der Waals surface area contributed by atoms with Gasteiger partial charge in [-0.05, 0) is 48.0 Å². The summed E-state index contributed by atoms with van der Waals surface area (Å²) in [6.07, 6.45) is 2.80. The highest BCUT2D eigenvalue weighted by atomic mass is 35.5. The highest BCUT2D eigenvalue weighted by molar-refractivity contribution is 6.30. The SMILES string of the molecule is N#CCOc1ccc(/C=C/C(=O)OCC(=O)c2ccc(Cl)cc2)cc1. The van der Waals surface area contributed by atoms with E-state index in [1.807, 2.05) is 6.07 Å². The molecule has 0 fully saturated rings. The van der Waals surface area contributed by atoms with Crippen LogP contribution in [0.3, 0.4) is 0 Å². The number of carbonyl (C=O) groups is 2. The Labute approximate surface area is 150 Å². The molecule has 0 aliphatic heterocycles. The Balaban J connectivity index is 1.83. The van der Waals surface area contributed by atoms with Gasteiger partial charge in [0.05, 0.1) is 0 Å². The second-order valence-electron chi connectivity index (χ2n) is 4.89. The summed E-state index contributed by atoms with van der Waals surface area (Å²) in [5.41, 5.74) is 1.18. The van der Waals surface area contributed by atoms with Crippen LogP contribution in [0, 0.1) is 11.3 Å². The lowest BCUT2D eigenvalue weighted by Gasteiger charge is -2.02. The minimum atomic E-state index is -0.618. The van der Waals surface area contributed by atoms with Gasteiger partial charge in [0.1, 0.15) is 11.8 Å². The lowest BCUT2D eigenvalue weighted by atomic mass is 10.1. The number of benzene rings is 2. The quantitative estimate of drug-likeness (QED) is 0.430. The number of halogens is 1. The molecule has 0 aliphatic carbocycles. The summed E-state index contributed by atoms with van der Waals surface area (Å²) in [5, 5.41) is 8.96. The van der Waals surface area contributed by atoms with Gasteiger partial charge in [-0.2, -0.15) is 5.26 Å². The van der Waals surface area contributed by atoms with Crippen molar-refractivity contribution in [2.75, 3.05) is 13.2 Å². The highest BCUT2D eigenvalue weighted by Gasteiger charge is 2.08. The first-order valence-corrected chi connectivity index (χ1v) is 7.69. The van der Waals surface area contributed by atoms with Gasteiger partial charge in [0.25, 0.3) is 0 Å². The first kappa shape index (κ1) is 18.2. The fourth-order valence-electron chi connectivity index (χ4n) is 1.86. The lowest BCUT2D eigenvalue weighted by molar-refractivity contribution is -0.136. The van der Waals surface area contributed by atoms with Crippen molar-refractivity contribution < 1.29 is 19.1 Å². The van der Waals surface area contributed by atoms with E-state index in [2.05, 4.69) is 0 Å². The number of rotatable bonds is 7. The number of hydrogen-bond donors (Lipinski definition) is 0. The van der Waals surface area contributed by atoms with E-state index in [1.54, 1.807) is 54.6 Å². The summed E-state index contributed by atoms with van der Waals surface area (Å²) in [5.74, 6) is -0.362. The average molecular weight is 356 g/mol. The number of nitriles is 1. The number of Topliss-reactive ketones (excluding diaryl/α,β-unsaturated/α-hetero) is 1. The zero-order chi connectivity index (χ0) is 18.1. The third-order valence-corrected chi connectivity index (χ3v) is 3.36. The van der Waals surface area contributed by atoms with Crippen molar-refractivity contribution in [3.63, 3.8) is 0 Å². The Morgan fingerprint density at radius 2 is 1.76 bits per heavy atom. The molecule has 0 atom stereocenters. The normalized spacial score (nSPS) is 10.2. The summed E-state index contributed by atoms with van der Waals surface area (Å²) in [7, 11) is 0. The van der Waals surface area contributed by atoms with Crippen LogP contribution in [0.15, 0.2) is 54.6 Å². The number of carbonyl (C=O) groups excluding carboxylic acids is 2. The maximum Gasteiger partial charge on any atom is 0.331 e. The third kappa shape index (κ3) is 6.13. The minimum absolute atomic E-state index is 0.0246. The second kappa shape index (κ2) is 9.26. The molecule has 0 amide bonds. The van der Waals surface area contributed by atoms with E-state index in [-0.39, 0.29) is 19.0 Å². The molecule has 0 heterocycles. The van der Waals surface area contributed by atoms with E-state index in [0.717, 1.165) is 5.56 Å². The van der Waals surface area contributed by atoms with Crippen molar-refractivity contribution in [2.45, 2.75) is 0 Å². The van der Waals surface area contributed by atoms with Gasteiger partial charge in [-0.1, -0.05) is 23.7 Å². The molecule has 126 valence electrons. The smallest absolute Gasteiger partial charge is 0.331 e. The van der Waals surface area contributed by atoms with Gasteiger partial charge in [0.15, 0.2) is 19.0 Å². The Kier molecular flexibility index (Phi) is 6.76. The molecule has 0 bridgehead atoms. The molecule has 0 saturated heterocycles. The fraction of sp³-hybridized carbons (Fsp3) is 0.105. The number of esters is 1. The minimum Gasteiger partial charge on any atom is -0.479 e. The summed E-state index contributed by atoms with van der Waals surface area (Å²) >= 11 is 5.75. The van der Waals surface area contributed by atoms with Crippen LogP contribution >= 0.6 is 11.6 Å². The molecular formula is C19H14ClNO4. The zero-order valence-electron chi connectivity index (χ0n) is 13.1. The Bertz CT molecular complexity index is 805. The Morgan fingerprint density at radius 3 is 2.40 bits per heavy atom. The van der Waals surface area contributed by atoms with Crippen LogP contribution in [-0.4, -0.2) is 25.0 Å². The predicted molar refractivity (Wildman–Crippen MR) is 93.3 cm³/mol. The zero-order valence-corrected chi connectivity index (χ0v) is 13.9. The largest absolute Gasteiger partial charge is 0.479 e. The molecule has 0 saturated carbocycles. The molecule has 0 spiro atoms. The van der Waals surface area contributed by atoms with Gasteiger partial charge in [-0.15, -0.1) is 0 Å². The summed E-state index contributed by atoms with van der Waals surface area (Å²) in [6, 6.07) is 15.1. The fourth-order valence-corrected chi connectivity index (χ4v) is 1.98. The molecular weight excluding hydrogens is 342 g/mol. The van der Waals surface area contributed by atoms with Gasteiger partial charge in [-0.3, -0.25) is 4.79 Å². The number of ether oxygens (including phenoxy) is 2. The first-order chi connectivity index (χ1) is 12.1. The van der Waals surface area contributed by atoms with Gasteiger partial charge in [0, 0.05) is 16.7 Å². The first-order valence-electron chi connectivity index (χ1n) is 7.32. The molecule has 0 N–H and O–H groups in total. The van der Waals surface area contributed by atoms with Crippen molar-refractivity contribution in [2.24, 2.45) is 0 Å². The molecule has 0 unspecified atom stereocenters. The molecule has 5 nitrogen and oxygen atoms in total.